The van der Waals surface area contributed by atoms with Crippen molar-refractivity contribution in [2.45, 2.75) is 111 Å². The fraction of sp³-hybridized carbons (Fsp3) is 0.900. The molecule has 0 bridgehead atoms. The average Bonchev–Trinajstić information content (AvgIpc) is 2.98. The summed E-state index contributed by atoms with van der Waals surface area (Å²) in [5, 5.41) is 9.19. The van der Waals surface area contributed by atoms with E-state index in [9.17, 15) is 24.1 Å². The van der Waals surface area contributed by atoms with E-state index < -0.39 is 7.60 Å². The summed E-state index contributed by atoms with van der Waals surface area (Å²) in [6, 6.07) is 0. The molecular weight excluding hydrogens is 551 g/mol. The minimum atomic E-state index is -3.24. The van der Waals surface area contributed by atoms with Gasteiger partial charge in [0.05, 0.1) is 37.1 Å². The number of hydrogen-bond acceptors (Lipinski definition) is 10. The summed E-state index contributed by atoms with van der Waals surface area (Å²) in [6.07, 6.45) is 10.8. The normalized spacial score (nSPS) is 28.1. The molecule has 0 aromatic carbocycles. The van der Waals surface area contributed by atoms with E-state index in [1.165, 1.54) is 27.1 Å². The Labute approximate surface area is 247 Å². The Bertz CT molecular complexity index is 751. The Morgan fingerprint density at radius 1 is 0.610 bits per heavy atom. The summed E-state index contributed by atoms with van der Waals surface area (Å²) in [4.78, 5) is 34.2. The number of hydrogen-bond donors (Lipinski definition) is 1. The second kappa shape index (κ2) is 20.4. The Morgan fingerprint density at radius 3 is 1.24 bits per heavy atom. The van der Waals surface area contributed by atoms with E-state index in [2.05, 4.69) is 13.8 Å². The van der Waals surface area contributed by atoms with Gasteiger partial charge in [-0.2, -0.15) is 0 Å². The maximum absolute atomic E-state index is 11.7. The van der Waals surface area contributed by atoms with Crippen molar-refractivity contribution >= 4 is 25.5 Å². The SMILES string of the molecule is CCOC(=O)C1CCC(C)CC1.CCOC(=O)C1CCC(O)CC1.COP(=O)(COC(=O)C1CCC(C)CC1)OC. The molecule has 240 valence electrons. The molecule has 0 saturated heterocycles. The smallest absolute Gasteiger partial charge is 0.367 e. The van der Waals surface area contributed by atoms with Crippen LogP contribution in [-0.2, 0) is 42.2 Å². The molecule has 1 N–H and O–H groups in total. The summed E-state index contributed by atoms with van der Waals surface area (Å²) < 4.78 is 35.9. The second-order valence-corrected chi connectivity index (χ2v) is 13.7. The zero-order chi connectivity index (χ0) is 30.8. The van der Waals surface area contributed by atoms with Crippen LogP contribution in [0, 0.1) is 29.6 Å². The molecule has 3 fully saturated rings. The number of aliphatic hydroxyl groups excluding tert-OH is 1. The van der Waals surface area contributed by atoms with Crippen LogP contribution in [-0.4, -0.2) is 62.9 Å². The lowest BCUT2D eigenvalue weighted by atomic mass is 9.83. The van der Waals surface area contributed by atoms with Crippen molar-refractivity contribution in [1.29, 1.82) is 0 Å². The summed E-state index contributed by atoms with van der Waals surface area (Å²) >= 11 is 0. The number of ether oxygens (including phenoxy) is 3. The van der Waals surface area contributed by atoms with Crippen LogP contribution in [0.15, 0.2) is 0 Å². The highest BCUT2D eigenvalue weighted by Crippen LogP contribution is 2.46. The number of aliphatic hydroxyl groups is 1. The van der Waals surface area contributed by atoms with Gasteiger partial charge in [-0.1, -0.05) is 13.8 Å². The quantitative estimate of drug-likeness (QED) is 0.182. The lowest BCUT2D eigenvalue weighted by Crippen LogP contribution is -2.25. The molecule has 3 aliphatic rings. The lowest BCUT2D eigenvalue weighted by Gasteiger charge is -2.25. The van der Waals surface area contributed by atoms with Gasteiger partial charge in [-0.05, 0) is 103 Å². The average molecular weight is 607 g/mol. The van der Waals surface area contributed by atoms with Gasteiger partial charge < -0.3 is 28.4 Å². The van der Waals surface area contributed by atoms with Gasteiger partial charge in [-0.25, -0.2) is 0 Å². The topological polar surface area (TPSA) is 135 Å². The third-order valence-electron chi connectivity index (χ3n) is 8.22. The van der Waals surface area contributed by atoms with E-state index >= 15 is 0 Å². The lowest BCUT2D eigenvalue weighted by molar-refractivity contribution is -0.150. The predicted octanol–water partition coefficient (Wildman–Crippen LogP) is 6.28. The van der Waals surface area contributed by atoms with Crippen molar-refractivity contribution in [3.63, 3.8) is 0 Å². The Hall–Kier alpha value is -1.48. The van der Waals surface area contributed by atoms with Crippen LogP contribution in [0.25, 0.3) is 0 Å². The van der Waals surface area contributed by atoms with Crippen LogP contribution in [0.4, 0.5) is 0 Å². The van der Waals surface area contributed by atoms with Crippen molar-refractivity contribution in [2.24, 2.45) is 29.6 Å². The third-order valence-corrected chi connectivity index (χ3v) is 9.78. The molecule has 11 heteroatoms. The summed E-state index contributed by atoms with van der Waals surface area (Å²) in [5.41, 5.74) is 0. The molecule has 3 aliphatic carbocycles. The summed E-state index contributed by atoms with van der Waals surface area (Å²) in [6.45, 7) is 9.09. The zero-order valence-electron chi connectivity index (χ0n) is 26.1. The number of carbonyl (C=O) groups is 3. The van der Waals surface area contributed by atoms with Gasteiger partial charge in [0.25, 0.3) is 0 Å². The Kier molecular flexibility index (Phi) is 18.7. The van der Waals surface area contributed by atoms with Crippen LogP contribution in [0.5, 0.6) is 0 Å². The largest absolute Gasteiger partial charge is 0.466 e. The van der Waals surface area contributed by atoms with Gasteiger partial charge in [0.15, 0.2) is 6.35 Å². The molecule has 0 spiro atoms. The first-order valence-electron chi connectivity index (χ1n) is 15.4. The molecule has 10 nitrogen and oxygen atoms in total. The van der Waals surface area contributed by atoms with Gasteiger partial charge in [0, 0.05) is 14.2 Å². The van der Waals surface area contributed by atoms with Gasteiger partial charge in [-0.3, -0.25) is 18.9 Å². The monoisotopic (exact) mass is 606 g/mol. The molecule has 41 heavy (non-hydrogen) atoms. The van der Waals surface area contributed by atoms with Gasteiger partial charge >= 0.3 is 25.5 Å². The second-order valence-electron chi connectivity index (χ2n) is 11.5. The number of carbonyl (C=O) groups excluding carboxylic acids is 3. The standard InChI is InChI=1S/C11H21O5P.C10H18O2.C9H16O3/c1-9-4-6-10(7-5-9)11(12)16-8-17(13,14-2)15-3;1-3-12-10(11)9-6-4-8(2)5-7-9;1-2-12-9(11)7-3-5-8(10)6-4-7/h9-10H,4-8H2,1-3H3;8-9H,3-7H2,1-2H3;7-8,10H,2-6H2,1H3. The van der Waals surface area contributed by atoms with Gasteiger partial charge in [0.1, 0.15) is 0 Å². The molecule has 0 unspecified atom stereocenters. The zero-order valence-corrected chi connectivity index (χ0v) is 27.0. The highest BCUT2D eigenvalue weighted by Gasteiger charge is 2.30. The molecule has 0 atom stereocenters. The molecular formula is C30H55O10P. The molecule has 0 amide bonds. The maximum atomic E-state index is 11.7. The fourth-order valence-corrected chi connectivity index (χ4v) is 5.91. The molecule has 0 radical (unpaired) electrons. The van der Waals surface area contributed by atoms with Crippen LogP contribution >= 0.6 is 7.60 Å². The third kappa shape index (κ3) is 15.0. The molecule has 3 rings (SSSR count). The minimum Gasteiger partial charge on any atom is -0.466 e. The van der Waals surface area contributed by atoms with E-state index in [-0.39, 0.29) is 48.1 Å². The first-order valence-corrected chi connectivity index (χ1v) is 17.1. The number of rotatable bonds is 9. The van der Waals surface area contributed by atoms with Crippen LogP contribution < -0.4 is 0 Å². The van der Waals surface area contributed by atoms with Gasteiger partial charge in [0.2, 0.25) is 0 Å². The fourth-order valence-electron chi connectivity index (χ4n) is 5.26. The van der Waals surface area contributed by atoms with E-state index in [0.717, 1.165) is 70.1 Å². The van der Waals surface area contributed by atoms with Crippen molar-refractivity contribution in [3.8, 4) is 0 Å². The minimum absolute atomic E-state index is 0.0180. The predicted molar refractivity (Wildman–Crippen MR) is 156 cm³/mol. The first kappa shape index (κ1) is 37.5. The first-order chi connectivity index (χ1) is 19.5. The molecule has 3 saturated carbocycles. The molecule has 0 heterocycles. The van der Waals surface area contributed by atoms with E-state index in [0.29, 0.717) is 19.1 Å². The summed E-state index contributed by atoms with van der Waals surface area (Å²) in [7, 11) is -0.685. The molecule has 0 aromatic heterocycles. The van der Waals surface area contributed by atoms with Crippen molar-refractivity contribution < 1.29 is 47.3 Å². The molecule has 0 aromatic rings. The van der Waals surface area contributed by atoms with Gasteiger partial charge in [-0.15, -0.1) is 0 Å². The molecule has 0 aliphatic heterocycles. The van der Waals surface area contributed by atoms with E-state index in [1.807, 2.05) is 13.8 Å². The van der Waals surface area contributed by atoms with E-state index in [4.69, 9.17) is 23.3 Å². The van der Waals surface area contributed by atoms with Crippen molar-refractivity contribution in [2.75, 3.05) is 33.8 Å². The van der Waals surface area contributed by atoms with E-state index in [1.54, 1.807) is 0 Å². The highest BCUT2D eigenvalue weighted by molar-refractivity contribution is 7.53. The van der Waals surface area contributed by atoms with Crippen LogP contribution in [0.1, 0.15) is 105 Å². The maximum Gasteiger partial charge on any atom is 0.367 e. The summed E-state index contributed by atoms with van der Waals surface area (Å²) in [5.74, 6) is 1.29. The van der Waals surface area contributed by atoms with Crippen LogP contribution in [0.2, 0.25) is 0 Å². The van der Waals surface area contributed by atoms with Crippen molar-refractivity contribution in [3.05, 3.63) is 0 Å². The van der Waals surface area contributed by atoms with Crippen molar-refractivity contribution in [1.82, 2.24) is 0 Å². The number of esters is 3. The Morgan fingerprint density at radius 2 is 0.927 bits per heavy atom. The van der Waals surface area contributed by atoms with Crippen LogP contribution in [0.3, 0.4) is 0 Å². The highest BCUT2D eigenvalue weighted by atomic mass is 31.2. The Balaban J connectivity index is 0.000000315.